The highest BCUT2D eigenvalue weighted by atomic mass is 16.5. The Morgan fingerprint density at radius 3 is 2.60 bits per heavy atom. The largest absolute Gasteiger partial charge is 0.488 e. The molecule has 0 aliphatic carbocycles. The lowest BCUT2D eigenvalue weighted by molar-refractivity contribution is 0.182. The molecule has 20 heavy (non-hydrogen) atoms. The number of pyridine rings is 1. The van der Waals surface area contributed by atoms with E-state index in [9.17, 15) is 0 Å². The number of nitrogens with zero attached hydrogens (tertiary/aromatic N) is 2. The Morgan fingerprint density at radius 1 is 1.25 bits per heavy atom. The van der Waals surface area contributed by atoms with Crippen LogP contribution in [0.15, 0.2) is 12.3 Å². The molecule has 0 saturated carbocycles. The molecule has 112 valence electrons. The van der Waals surface area contributed by atoms with Crippen molar-refractivity contribution in [2.75, 3.05) is 32.0 Å². The van der Waals surface area contributed by atoms with E-state index in [1.54, 1.807) is 6.20 Å². The lowest BCUT2D eigenvalue weighted by Gasteiger charge is -2.27. The molecule has 4 nitrogen and oxygen atoms in total. The first-order valence-electron chi connectivity index (χ1n) is 7.58. The highest BCUT2D eigenvalue weighted by molar-refractivity contribution is 5.53. The number of rotatable bonds is 4. The predicted octanol–water partition coefficient (Wildman–Crippen LogP) is 2.83. The summed E-state index contributed by atoms with van der Waals surface area (Å²) in [7, 11) is 0. The normalized spacial score (nSPS) is 17.1. The third kappa shape index (κ3) is 3.85. The monoisotopic (exact) mass is 277 g/mol. The number of aromatic nitrogens is 1. The molecule has 2 N–H and O–H groups in total. The fraction of sp³-hybridized carbons (Fsp3) is 0.688. The standard InChI is InChI=1S/C16H27N3O/c1-16(2,3)13-7-8-18-15(17)14(13)20-12-11-19-9-5-4-6-10-19/h7-8H,4-6,9-12H2,1-3H3,(H2,17,18). The summed E-state index contributed by atoms with van der Waals surface area (Å²) in [5.41, 5.74) is 7.13. The molecule has 1 aliphatic rings. The van der Waals surface area contributed by atoms with Gasteiger partial charge in [0.2, 0.25) is 0 Å². The van der Waals surface area contributed by atoms with Crippen LogP contribution < -0.4 is 10.5 Å². The molecule has 2 rings (SSSR count). The van der Waals surface area contributed by atoms with Crippen LogP contribution in [0, 0.1) is 0 Å². The van der Waals surface area contributed by atoms with E-state index in [0.29, 0.717) is 12.4 Å². The van der Waals surface area contributed by atoms with Gasteiger partial charge in [-0.05, 0) is 37.4 Å². The number of anilines is 1. The zero-order valence-electron chi connectivity index (χ0n) is 13.0. The Labute approximate surface area is 122 Å². The third-order valence-corrected chi connectivity index (χ3v) is 3.84. The lowest BCUT2D eigenvalue weighted by atomic mass is 9.87. The molecule has 4 heteroatoms. The molecule has 0 amide bonds. The Hall–Kier alpha value is -1.29. The van der Waals surface area contributed by atoms with E-state index >= 15 is 0 Å². The van der Waals surface area contributed by atoms with Crippen molar-refractivity contribution < 1.29 is 4.74 Å². The first kappa shape index (κ1) is 15.1. The van der Waals surface area contributed by atoms with E-state index in [2.05, 4.69) is 30.7 Å². The molecule has 1 aromatic heterocycles. The van der Waals surface area contributed by atoms with Gasteiger partial charge in [0, 0.05) is 18.3 Å². The van der Waals surface area contributed by atoms with Gasteiger partial charge in [-0.2, -0.15) is 0 Å². The average molecular weight is 277 g/mol. The number of likely N-dealkylation sites (tertiary alicyclic amines) is 1. The highest BCUT2D eigenvalue weighted by Crippen LogP contribution is 2.34. The third-order valence-electron chi connectivity index (χ3n) is 3.84. The van der Waals surface area contributed by atoms with E-state index in [4.69, 9.17) is 10.5 Å². The summed E-state index contributed by atoms with van der Waals surface area (Å²) in [5, 5.41) is 0. The fourth-order valence-corrected chi connectivity index (χ4v) is 2.67. The minimum Gasteiger partial charge on any atom is -0.488 e. The summed E-state index contributed by atoms with van der Waals surface area (Å²) in [4.78, 5) is 6.62. The smallest absolute Gasteiger partial charge is 0.166 e. The van der Waals surface area contributed by atoms with Crippen molar-refractivity contribution in [1.82, 2.24) is 9.88 Å². The van der Waals surface area contributed by atoms with Crippen LogP contribution in [0.25, 0.3) is 0 Å². The number of hydrogen-bond acceptors (Lipinski definition) is 4. The number of nitrogens with two attached hydrogens (primary N) is 1. The second kappa shape index (κ2) is 6.44. The van der Waals surface area contributed by atoms with E-state index in [1.807, 2.05) is 6.07 Å². The van der Waals surface area contributed by atoms with Gasteiger partial charge in [0.05, 0.1) is 0 Å². The van der Waals surface area contributed by atoms with Crippen LogP contribution in [0.4, 0.5) is 5.82 Å². The van der Waals surface area contributed by atoms with Gasteiger partial charge < -0.3 is 10.5 Å². The van der Waals surface area contributed by atoms with Gasteiger partial charge in [-0.3, -0.25) is 4.90 Å². The van der Waals surface area contributed by atoms with E-state index < -0.39 is 0 Å². The lowest BCUT2D eigenvalue weighted by Crippen LogP contribution is -2.33. The first-order valence-corrected chi connectivity index (χ1v) is 7.58. The van der Waals surface area contributed by atoms with Gasteiger partial charge in [-0.1, -0.05) is 27.2 Å². The maximum absolute atomic E-state index is 5.99. The van der Waals surface area contributed by atoms with Crippen molar-refractivity contribution in [3.8, 4) is 5.75 Å². The molecule has 0 aromatic carbocycles. The van der Waals surface area contributed by atoms with Crippen LogP contribution in [-0.2, 0) is 5.41 Å². The van der Waals surface area contributed by atoms with Crippen LogP contribution in [-0.4, -0.2) is 36.1 Å². The zero-order chi connectivity index (χ0) is 14.6. The Balaban J connectivity index is 1.98. The van der Waals surface area contributed by atoms with Crippen molar-refractivity contribution in [2.24, 2.45) is 0 Å². The number of hydrogen-bond donors (Lipinski definition) is 1. The molecule has 0 unspecified atom stereocenters. The summed E-state index contributed by atoms with van der Waals surface area (Å²) in [6.07, 6.45) is 5.74. The Morgan fingerprint density at radius 2 is 1.95 bits per heavy atom. The van der Waals surface area contributed by atoms with Crippen LogP contribution in [0.2, 0.25) is 0 Å². The van der Waals surface area contributed by atoms with E-state index in [0.717, 1.165) is 17.9 Å². The van der Waals surface area contributed by atoms with Gasteiger partial charge in [-0.15, -0.1) is 0 Å². The molecule has 2 heterocycles. The van der Waals surface area contributed by atoms with Crippen LogP contribution in [0.3, 0.4) is 0 Å². The summed E-state index contributed by atoms with van der Waals surface area (Å²) < 4.78 is 5.97. The van der Waals surface area contributed by atoms with Crippen LogP contribution >= 0.6 is 0 Å². The fourth-order valence-electron chi connectivity index (χ4n) is 2.67. The van der Waals surface area contributed by atoms with Gasteiger partial charge in [-0.25, -0.2) is 4.98 Å². The Bertz CT molecular complexity index is 434. The van der Waals surface area contributed by atoms with Crippen LogP contribution in [0.1, 0.15) is 45.6 Å². The topological polar surface area (TPSA) is 51.4 Å². The van der Waals surface area contributed by atoms with E-state index in [-0.39, 0.29) is 5.41 Å². The molecular formula is C16H27N3O. The quantitative estimate of drug-likeness (QED) is 0.919. The molecule has 0 bridgehead atoms. The van der Waals surface area contributed by atoms with Gasteiger partial charge in [0.1, 0.15) is 6.61 Å². The number of nitrogen functional groups attached to an aromatic ring is 1. The maximum atomic E-state index is 5.99. The van der Waals surface area contributed by atoms with Crippen molar-refractivity contribution in [3.63, 3.8) is 0 Å². The first-order chi connectivity index (χ1) is 9.48. The minimum absolute atomic E-state index is 0.0114. The maximum Gasteiger partial charge on any atom is 0.166 e. The minimum atomic E-state index is 0.0114. The van der Waals surface area contributed by atoms with Crippen molar-refractivity contribution in [1.29, 1.82) is 0 Å². The summed E-state index contributed by atoms with van der Waals surface area (Å²) >= 11 is 0. The van der Waals surface area contributed by atoms with Gasteiger partial charge >= 0.3 is 0 Å². The van der Waals surface area contributed by atoms with Crippen molar-refractivity contribution in [3.05, 3.63) is 17.8 Å². The summed E-state index contributed by atoms with van der Waals surface area (Å²) in [5.74, 6) is 1.26. The van der Waals surface area contributed by atoms with E-state index in [1.165, 1.54) is 32.4 Å². The second-order valence-electron chi connectivity index (χ2n) is 6.57. The number of ether oxygens (including phenoxy) is 1. The molecule has 0 spiro atoms. The average Bonchev–Trinajstić information content (AvgIpc) is 2.40. The van der Waals surface area contributed by atoms with Gasteiger partial charge in [0.25, 0.3) is 0 Å². The van der Waals surface area contributed by atoms with Gasteiger partial charge in [0.15, 0.2) is 11.6 Å². The van der Waals surface area contributed by atoms with Crippen LogP contribution in [0.5, 0.6) is 5.75 Å². The Kier molecular flexibility index (Phi) is 4.86. The molecule has 0 radical (unpaired) electrons. The summed E-state index contributed by atoms with van der Waals surface area (Å²) in [6.45, 7) is 10.5. The molecule has 1 aromatic rings. The zero-order valence-corrected chi connectivity index (χ0v) is 13.0. The molecule has 1 saturated heterocycles. The molecule has 0 atom stereocenters. The van der Waals surface area contributed by atoms with Crippen molar-refractivity contribution >= 4 is 5.82 Å². The molecule has 1 fully saturated rings. The predicted molar refractivity (Wildman–Crippen MR) is 83.1 cm³/mol. The SMILES string of the molecule is CC(C)(C)c1ccnc(N)c1OCCN1CCCCC1. The highest BCUT2D eigenvalue weighted by Gasteiger charge is 2.21. The number of piperidine rings is 1. The molecule has 1 aliphatic heterocycles. The van der Waals surface area contributed by atoms with Crippen molar-refractivity contribution in [2.45, 2.75) is 45.4 Å². The summed E-state index contributed by atoms with van der Waals surface area (Å²) in [6, 6.07) is 2.01. The molecular weight excluding hydrogens is 250 g/mol. The second-order valence-corrected chi connectivity index (χ2v) is 6.57.